The lowest BCUT2D eigenvalue weighted by atomic mass is 10.1. The highest BCUT2D eigenvalue weighted by molar-refractivity contribution is 7.99. The summed E-state index contributed by atoms with van der Waals surface area (Å²) in [5, 5.41) is 6.04. The van der Waals surface area contributed by atoms with Crippen LogP contribution in [0, 0.1) is 6.92 Å². The van der Waals surface area contributed by atoms with Gasteiger partial charge in [-0.2, -0.15) is 0 Å². The second-order valence-corrected chi connectivity index (χ2v) is 8.59. The Balaban J connectivity index is 1.94. The number of allylic oxidation sites excluding steroid dienone is 1. The first-order chi connectivity index (χ1) is 14.0. The predicted octanol–water partition coefficient (Wildman–Crippen LogP) is 4.63. The van der Waals surface area contributed by atoms with Crippen molar-refractivity contribution in [1.29, 1.82) is 0 Å². The molecule has 1 amide bonds. The maximum Gasteiger partial charge on any atom is 0.263 e. The van der Waals surface area contributed by atoms with Crippen LogP contribution in [0.5, 0.6) is 0 Å². The second kappa shape index (κ2) is 9.89. The molecule has 3 rings (SSSR count). The van der Waals surface area contributed by atoms with E-state index in [2.05, 4.69) is 18.8 Å². The van der Waals surface area contributed by atoms with E-state index in [1.165, 1.54) is 28.7 Å². The summed E-state index contributed by atoms with van der Waals surface area (Å²) in [6, 6.07) is 8.13. The maximum absolute atomic E-state index is 13.3. The van der Waals surface area contributed by atoms with Gasteiger partial charge >= 0.3 is 0 Å². The number of carbonyl (C=O) groups is 1. The van der Waals surface area contributed by atoms with Crippen LogP contribution in [-0.4, -0.2) is 27.8 Å². The highest BCUT2D eigenvalue weighted by Gasteiger charge is 2.17. The lowest BCUT2D eigenvalue weighted by Crippen LogP contribution is -2.27. The molecule has 2 heterocycles. The summed E-state index contributed by atoms with van der Waals surface area (Å²) < 4.78 is 1.60. The number of aromatic nitrogens is 2. The van der Waals surface area contributed by atoms with Crippen LogP contribution in [0.1, 0.15) is 25.3 Å². The van der Waals surface area contributed by atoms with Crippen LogP contribution in [0.25, 0.3) is 21.3 Å². The van der Waals surface area contributed by atoms with Gasteiger partial charge in [-0.25, -0.2) is 4.98 Å². The van der Waals surface area contributed by atoms with Gasteiger partial charge in [-0.05, 0) is 18.9 Å². The lowest BCUT2D eigenvalue weighted by Gasteiger charge is -2.11. The van der Waals surface area contributed by atoms with Gasteiger partial charge in [-0.3, -0.25) is 14.2 Å². The molecule has 152 valence electrons. The molecule has 0 aliphatic rings. The minimum absolute atomic E-state index is 0.0468. The number of nitrogens with zero attached hydrogens (tertiary/aromatic N) is 2. The van der Waals surface area contributed by atoms with Gasteiger partial charge < -0.3 is 5.32 Å². The second-order valence-electron chi connectivity index (χ2n) is 6.79. The quantitative estimate of drug-likeness (QED) is 0.234. The first-order valence-corrected chi connectivity index (χ1v) is 11.5. The van der Waals surface area contributed by atoms with Crippen LogP contribution in [0.4, 0.5) is 0 Å². The fourth-order valence-corrected chi connectivity index (χ4v) is 4.76. The summed E-state index contributed by atoms with van der Waals surface area (Å²) in [5.41, 5.74) is 2.97. The molecule has 0 unspecified atom stereocenters. The molecular formula is C22H25N3O2S2. The number of rotatable bonds is 9. The number of thioether (sulfide) groups is 1. The van der Waals surface area contributed by atoms with Gasteiger partial charge in [-0.1, -0.05) is 61.0 Å². The lowest BCUT2D eigenvalue weighted by molar-refractivity contribution is -0.118. The van der Waals surface area contributed by atoms with Crippen molar-refractivity contribution in [2.24, 2.45) is 0 Å². The number of thiophene rings is 1. The summed E-state index contributed by atoms with van der Waals surface area (Å²) in [4.78, 5) is 30.7. The summed E-state index contributed by atoms with van der Waals surface area (Å²) in [7, 11) is 0. The molecule has 0 saturated carbocycles. The van der Waals surface area contributed by atoms with Gasteiger partial charge in [0.05, 0.1) is 11.1 Å². The molecule has 0 atom stereocenters. The number of carbonyl (C=O) groups excluding carboxylic acids is 1. The Kier molecular flexibility index (Phi) is 7.28. The average molecular weight is 428 g/mol. The number of amides is 1. The number of hydrogen-bond acceptors (Lipinski definition) is 5. The topological polar surface area (TPSA) is 64.0 Å². The van der Waals surface area contributed by atoms with Crippen molar-refractivity contribution in [2.45, 2.75) is 38.4 Å². The molecule has 0 spiro atoms. The first kappa shape index (κ1) is 21.3. The third-order valence-electron chi connectivity index (χ3n) is 4.52. The largest absolute Gasteiger partial charge is 0.355 e. The summed E-state index contributed by atoms with van der Waals surface area (Å²) in [6.45, 7) is 8.91. The molecule has 0 bridgehead atoms. The smallest absolute Gasteiger partial charge is 0.263 e. The van der Waals surface area contributed by atoms with Crippen molar-refractivity contribution in [3.8, 4) is 11.1 Å². The van der Waals surface area contributed by atoms with E-state index in [0.29, 0.717) is 28.5 Å². The Morgan fingerprint density at radius 1 is 1.34 bits per heavy atom. The molecule has 2 aromatic heterocycles. The zero-order valence-electron chi connectivity index (χ0n) is 16.7. The van der Waals surface area contributed by atoms with Crippen LogP contribution in [0.3, 0.4) is 0 Å². The number of fused-ring (bicyclic) bond motifs is 1. The fourth-order valence-electron chi connectivity index (χ4n) is 2.94. The van der Waals surface area contributed by atoms with E-state index in [4.69, 9.17) is 4.98 Å². The third kappa shape index (κ3) is 4.97. The zero-order valence-corrected chi connectivity index (χ0v) is 18.4. The first-order valence-electron chi connectivity index (χ1n) is 9.64. The van der Waals surface area contributed by atoms with Crippen LogP contribution in [-0.2, 0) is 11.3 Å². The number of nitrogens with one attached hydrogen (secondary N) is 1. The van der Waals surface area contributed by atoms with E-state index < -0.39 is 0 Å². The van der Waals surface area contributed by atoms with E-state index in [1.54, 1.807) is 10.6 Å². The molecule has 1 aromatic carbocycles. The molecule has 5 nitrogen and oxygen atoms in total. The molecule has 0 aliphatic heterocycles. The van der Waals surface area contributed by atoms with E-state index in [-0.39, 0.29) is 17.2 Å². The van der Waals surface area contributed by atoms with E-state index in [9.17, 15) is 9.59 Å². The van der Waals surface area contributed by atoms with Gasteiger partial charge in [0.15, 0.2) is 5.16 Å². The molecule has 7 heteroatoms. The minimum atomic E-state index is -0.0967. The normalized spacial score (nSPS) is 11.0. The standard InChI is InChI=1S/C22H25N3O2S2/c1-4-6-11-23-18(26)14-29-22-24-20-19(21(27)25(22)12-5-2)17(13-28-20)16-9-7-15(3)8-10-16/h5,7-10,13H,2,4,6,11-12,14H2,1,3H3,(H,23,26). The van der Waals surface area contributed by atoms with E-state index in [1.807, 2.05) is 36.6 Å². The van der Waals surface area contributed by atoms with Crippen LogP contribution >= 0.6 is 23.1 Å². The Hall–Kier alpha value is -2.38. The highest BCUT2D eigenvalue weighted by atomic mass is 32.2. The fraction of sp³-hybridized carbons (Fsp3) is 0.318. The van der Waals surface area contributed by atoms with Gasteiger partial charge in [0.1, 0.15) is 4.83 Å². The monoisotopic (exact) mass is 427 g/mol. The molecule has 0 fully saturated rings. The Labute approximate surface area is 178 Å². The molecule has 0 radical (unpaired) electrons. The Morgan fingerprint density at radius 2 is 2.10 bits per heavy atom. The van der Waals surface area contributed by atoms with Gasteiger partial charge in [0.2, 0.25) is 5.91 Å². The molecular weight excluding hydrogens is 402 g/mol. The number of aryl methyl sites for hydroxylation is 1. The molecule has 0 saturated heterocycles. The van der Waals surface area contributed by atoms with Crippen molar-refractivity contribution in [2.75, 3.05) is 12.3 Å². The van der Waals surface area contributed by atoms with Gasteiger partial charge in [0, 0.05) is 24.0 Å². The van der Waals surface area contributed by atoms with Crippen molar-refractivity contribution in [3.05, 3.63) is 58.2 Å². The Bertz CT molecular complexity index is 1070. The Morgan fingerprint density at radius 3 is 2.79 bits per heavy atom. The summed E-state index contributed by atoms with van der Waals surface area (Å²) in [6.07, 6.45) is 3.67. The van der Waals surface area contributed by atoms with Crippen LogP contribution < -0.4 is 10.9 Å². The average Bonchev–Trinajstić information content (AvgIpc) is 3.14. The van der Waals surface area contributed by atoms with Crippen molar-refractivity contribution < 1.29 is 4.79 Å². The SMILES string of the molecule is C=CCn1c(SCC(=O)NCCCC)nc2scc(-c3ccc(C)cc3)c2c1=O. The summed E-state index contributed by atoms with van der Waals surface area (Å²) >= 11 is 2.74. The van der Waals surface area contributed by atoms with Crippen molar-refractivity contribution >= 4 is 39.2 Å². The van der Waals surface area contributed by atoms with Crippen molar-refractivity contribution in [3.63, 3.8) is 0 Å². The highest BCUT2D eigenvalue weighted by Crippen LogP contribution is 2.32. The van der Waals surface area contributed by atoms with Gasteiger partial charge in [-0.15, -0.1) is 17.9 Å². The molecule has 3 aromatic rings. The number of benzene rings is 1. The van der Waals surface area contributed by atoms with Gasteiger partial charge in [0.25, 0.3) is 5.56 Å². The molecule has 0 aliphatic carbocycles. The third-order valence-corrected chi connectivity index (χ3v) is 6.37. The van der Waals surface area contributed by atoms with E-state index >= 15 is 0 Å². The summed E-state index contributed by atoms with van der Waals surface area (Å²) in [5.74, 6) is 0.184. The van der Waals surface area contributed by atoms with Crippen LogP contribution in [0.2, 0.25) is 0 Å². The maximum atomic E-state index is 13.3. The molecule has 1 N–H and O–H groups in total. The molecule has 29 heavy (non-hydrogen) atoms. The predicted molar refractivity (Wildman–Crippen MR) is 123 cm³/mol. The number of hydrogen-bond donors (Lipinski definition) is 1. The van der Waals surface area contributed by atoms with Crippen LogP contribution in [0.15, 0.2) is 52.3 Å². The van der Waals surface area contributed by atoms with E-state index in [0.717, 1.165) is 24.0 Å². The minimum Gasteiger partial charge on any atom is -0.355 e. The zero-order chi connectivity index (χ0) is 20.8. The number of unbranched alkanes of at least 4 members (excludes halogenated alkanes) is 1. The van der Waals surface area contributed by atoms with Crippen molar-refractivity contribution in [1.82, 2.24) is 14.9 Å².